The van der Waals surface area contributed by atoms with Gasteiger partial charge in [0.2, 0.25) is 0 Å². The van der Waals surface area contributed by atoms with Crippen LogP contribution in [0.5, 0.6) is 0 Å². The number of amides is 1. The monoisotopic (exact) mass is 311 g/mol. The van der Waals surface area contributed by atoms with Crippen LogP contribution in [-0.4, -0.2) is 55.2 Å². The summed E-state index contributed by atoms with van der Waals surface area (Å²) in [5.41, 5.74) is 1.41. The van der Waals surface area contributed by atoms with E-state index in [1.54, 1.807) is 12.1 Å². The van der Waals surface area contributed by atoms with Gasteiger partial charge in [0.05, 0.1) is 12.7 Å². The lowest BCUT2D eigenvalue weighted by molar-refractivity contribution is -0.0175. The molecular formula is C15H22ClN3O2. The van der Waals surface area contributed by atoms with Gasteiger partial charge in [-0.05, 0) is 25.6 Å². The Hall–Kier alpha value is -1.17. The van der Waals surface area contributed by atoms with Gasteiger partial charge in [0.1, 0.15) is 5.15 Å². The van der Waals surface area contributed by atoms with Crippen molar-refractivity contribution in [1.82, 2.24) is 15.2 Å². The van der Waals surface area contributed by atoms with Crippen LogP contribution in [0.3, 0.4) is 0 Å². The number of aromatic nitrogens is 1. The van der Waals surface area contributed by atoms with Crippen LogP contribution in [0.1, 0.15) is 29.4 Å². The van der Waals surface area contributed by atoms with Gasteiger partial charge >= 0.3 is 0 Å². The average Bonchev–Trinajstić information content (AvgIpc) is 2.44. The molecule has 1 aromatic heterocycles. The number of nitrogens with zero attached hydrogens (tertiary/aromatic N) is 2. The summed E-state index contributed by atoms with van der Waals surface area (Å²) < 4.78 is 5.63. The van der Waals surface area contributed by atoms with Crippen LogP contribution in [0.15, 0.2) is 12.1 Å². The fourth-order valence-corrected chi connectivity index (χ4v) is 2.59. The Labute approximate surface area is 130 Å². The largest absolute Gasteiger partial charge is 0.374 e. The molecule has 2 rings (SSSR count). The normalized spacial score (nSPS) is 19.5. The van der Waals surface area contributed by atoms with Crippen molar-refractivity contribution in [3.8, 4) is 0 Å². The molecule has 21 heavy (non-hydrogen) atoms. The second-order valence-electron chi connectivity index (χ2n) is 5.38. The fraction of sp³-hybridized carbons (Fsp3) is 0.600. The van der Waals surface area contributed by atoms with E-state index < -0.39 is 0 Å². The predicted octanol–water partition coefficient (Wildman–Crippen LogP) is 1.75. The number of nitrogens with one attached hydrogen (secondary N) is 1. The van der Waals surface area contributed by atoms with Crippen molar-refractivity contribution in [3.05, 3.63) is 28.5 Å². The topological polar surface area (TPSA) is 54.5 Å². The Balaban J connectivity index is 1.93. The maximum absolute atomic E-state index is 12.2. The van der Waals surface area contributed by atoms with Gasteiger partial charge in [-0.25, -0.2) is 4.98 Å². The Morgan fingerprint density at radius 1 is 1.57 bits per heavy atom. The van der Waals surface area contributed by atoms with E-state index in [-0.39, 0.29) is 12.0 Å². The summed E-state index contributed by atoms with van der Waals surface area (Å²) in [6, 6.07) is 3.41. The summed E-state index contributed by atoms with van der Waals surface area (Å²) >= 11 is 5.98. The molecule has 2 heterocycles. The summed E-state index contributed by atoms with van der Waals surface area (Å²) in [7, 11) is 2.05. The van der Waals surface area contributed by atoms with Crippen LogP contribution in [0, 0.1) is 0 Å². The Kier molecular flexibility index (Phi) is 5.96. The molecule has 1 N–H and O–H groups in total. The predicted molar refractivity (Wildman–Crippen MR) is 82.8 cm³/mol. The van der Waals surface area contributed by atoms with Gasteiger partial charge in [-0.1, -0.05) is 24.9 Å². The maximum atomic E-state index is 12.2. The number of pyridine rings is 1. The number of likely N-dealkylation sites (N-methyl/N-ethyl adjacent to an activating group) is 1. The van der Waals surface area contributed by atoms with Crippen LogP contribution in [0.25, 0.3) is 0 Å². The second-order valence-corrected chi connectivity index (χ2v) is 5.77. The van der Waals surface area contributed by atoms with Crippen LogP contribution >= 0.6 is 11.6 Å². The molecule has 116 valence electrons. The van der Waals surface area contributed by atoms with Gasteiger partial charge in [0.25, 0.3) is 5.91 Å². The molecule has 6 heteroatoms. The van der Waals surface area contributed by atoms with Gasteiger partial charge in [-0.15, -0.1) is 0 Å². The molecule has 1 atom stereocenters. The lowest BCUT2D eigenvalue weighted by Crippen LogP contribution is -2.45. The minimum absolute atomic E-state index is 0.0418. The molecule has 5 nitrogen and oxygen atoms in total. The van der Waals surface area contributed by atoms with Crippen molar-refractivity contribution in [1.29, 1.82) is 0 Å². The zero-order valence-electron chi connectivity index (χ0n) is 12.6. The first-order chi connectivity index (χ1) is 10.1. The van der Waals surface area contributed by atoms with Gasteiger partial charge in [0, 0.05) is 30.9 Å². The van der Waals surface area contributed by atoms with E-state index in [0.717, 1.165) is 31.6 Å². The molecule has 1 unspecified atom stereocenters. The molecule has 1 amide bonds. The van der Waals surface area contributed by atoms with E-state index in [0.29, 0.717) is 23.9 Å². The highest BCUT2D eigenvalue weighted by Crippen LogP contribution is 2.12. The van der Waals surface area contributed by atoms with Gasteiger partial charge in [0.15, 0.2) is 0 Å². The van der Waals surface area contributed by atoms with Gasteiger partial charge < -0.3 is 15.0 Å². The summed E-state index contributed by atoms with van der Waals surface area (Å²) in [4.78, 5) is 18.6. The van der Waals surface area contributed by atoms with Crippen LogP contribution in [0.4, 0.5) is 0 Å². The number of carbonyl (C=O) groups excluding carboxylic acids is 1. The van der Waals surface area contributed by atoms with Gasteiger partial charge in [-0.2, -0.15) is 0 Å². The van der Waals surface area contributed by atoms with E-state index >= 15 is 0 Å². The molecule has 0 bridgehead atoms. The summed E-state index contributed by atoms with van der Waals surface area (Å²) in [5, 5.41) is 3.27. The van der Waals surface area contributed by atoms with Crippen LogP contribution < -0.4 is 5.32 Å². The molecule has 0 aromatic carbocycles. The van der Waals surface area contributed by atoms with E-state index in [2.05, 4.69) is 29.2 Å². The SMILES string of the molecule is CCCc1cc(C(=O)NCC2CN(C)CCO2)cc(Cl)n1. The minimum Gasteiger partial charge on any atom is -0.374 e. The number of halogens is 1. The summed E-state index contributed by atoms with van der Waals surface area (Å²) in [6.07, 6.45) is 1.83. The quantitative estimate of drug-likeness (QED) is 0.842. The third-order valence-electron chi connectivity index (χ3n) is 3.45. The number of ether oxygens (including phenoxy) is 1. The van der Waals surface area contributed by atoms with E-state index in [1.807, 2.05) is 0 Å². The molecule has 0 spiro atoms. The van der Waals surface area contributed by atoms with Crippen molar-refractivity contribution in [2.24, 2.45) is 0 Å². The summed E-state index contributed by atoms with van der Waals surface area (Å²) in [6.45, 7) is 5.05. The lowest BCUT2D eigenvalue weighted by atomic mass is 10.1. The molecule has 0 radical (unpaired) electrons. The average molecular weight is 312 g/mol. The standard InChI is InChI=1S/C15H22ClN3O2/c1-3-4-12-7-11(8-14(16)18-12)15(20)17-9-13-10-19(2)5-6-21-13/h7-8,13H,3-6,9-10H2,1-2H3,(H,17,20). The van der Waals surface area contributed by atoms with Crippen molar-refractivity contribution in [3.63, 3.8) is 0 Å². The number of aryl methyl sites for hydroxylation is 1. The highest BCUT2D eigenvalue weighted by molar-refractivity contribution is 6.29. The van der Waals surface area contributed by atoms with E-state index in [4.69, 9.17) is 16.3 Å². The highest BCUT2D eigenvalue weighted by Gasteiger charge is 2.18. The minimum atomic E-state index is -0.131. The molecule has 1 aliphatic rings. The van der Waals surface area contributed by atoms with Crippen LogP contribution in [-0.2, 0) is 11.2 Å². The number of morpholine rings is 1. The number of hydrogen-bond acceptors (Lipinski definition) is 4. The number of carbonyl (C=O) groups is 1. The molecule has 1 aromatic rings. The molecule has 1 saturated heterocycles. The number of rotatable bonds is 5. The van der Waals surface area contributed by atoms with Crippen molar-refractivity contribution in [2.75, 3.05) is 33.3 Å². The Morgan fingerprint density at radius 3 is 3.10 bits per heavy atom. The van der Waals surface area contributed by atoms with Crippen molar-refractivity contribution >= 4 is 17.5 Å². The smallest absolute Gasteiger partial charge is 0.251 e. The molecule has 0 aliphatic carbocycles. The first-order valence-corrected chi connectivity index (χ1v) is 7.71. The maximum Gasteiger partial charge on any atom is 0.251 e. The summed E-state index contributed by atoms with van der Waals surface area (Å²) in [5.74, 6) is -0.131. The fourth-order valence-electron chi connectivity index (χ4n) is 2.37. The van der Waals surface area contributed by atoms with Crippen LogP contribution in [0.2, 0.25) is 5.15 Å². The number of hydrogen-bond donors (Lipinski definition) is 1. The van der Waals surface area contributed by atoms with Crippen molar-refractivity contribution < 1.29 is 9.53 Å². The third kappa shape index (κ3) is 4.95. The third-order valence-corrected chi connectivity index (χ3v) is 3.64. The Morgan fingerprint density at radius 2 is 2.38 bits per heavy atom. The zero-order chi connectivity index (χ0) is 15.2. The zero-order valence-corrected chi connectivity index (χ0v) is 13.3. The highest BCUT2D eigenvalue weighted by atomic mass is 35.5. The first-order valence-electron chi connectivity index (χ1n) is 7.33. The molecular weight excluding hydrogens is 290 g/mol. The lowest BCUT2D eigenvalue weighted by Gasteiger charge is -2.30. The molecule has 1 fully saturated rings. The molecule has 1 aliphatic heterocycles. The van der Waals surface area contributed by atoms with Gasteiger partial charge in [-0.3, -0.25) is 4.79 Å². The Bertz CT molecular complexity index is 496. The molecule has 0 saturated carbocycles. The van der Waals surface area contributed by atoms with E-state index in [9.17, 15) is 4.79 Å². The van der Waals surface area contributed by atoms with Crippen molar-refractivity contribution in [2.45, 2.75) is 25.9 Å². The van der Waals surface area contributed by atoms with E-state index in [1.165, 1.54) is 0 Å². The second kappa shape index (κ2) is 7.73. The first kappa shape index (κ1) is 16.2.